The van der Waals surface area contributed by atoms with Gasteiger partial charge in [-0.15, -0.1) is 0 Å². The van der Waals surface area contributed by atoms with Crippen LogP contribution in [0.25, 0.3) is 0 Å². The zero-order valence-electron chi connectivity index (χ0n) is 22.2. The predicted molar refractivity (Wildman–Crippen MR) is 161 cm³/mol. The quantitative estimate of drug-likeness (QED) is 0.225. The van der Waals surface area contributed by atoms with E-state index in [2.05, 4.69) is 79.7 Å². The summed E-state index contributed by atoms with van der Waals surface area (Å²) in [6.45, 7) is -0.462. The number of rotatable bonds is 11. The molecule has 0 unspecified atom stereocenters. The molecule has 0 radical (unpaired) electrons. The first-order valence-corrected chi connectivity index (χ1v) is 16.9. The van der Waals surface area contributed by atoms with E-state index in [4.69, 9.17) is 18.9 Å². The van der Waals surface area contributed by atoms with Crippen LogP contribution < -0.4 is 40.2 Å². The van der Waals surface area contributed by atoms with Gasteiger partial charge in [0.2, 0.25) is 0 Å². The molecule has 4 aromatic rings. The topological polar surface area (TPSA) is 36.9 Å². The van der Waals surface area contributed by atoms with Crippen LogP contribution in [0.5, 0.6) is 23.0 Å². The Hall–Kier alpha value is -3.06. The maximum absolute atomic E-state index is 6.07. The summed E-state index contributed by atoms with van der Waals surface area (Å²) in [5, 5.41) is 4.90. The Balaban J connectivity index is 2.25. The van der Waals surface area contributed by atoms with Crippen molar-refractivity contribution in [2.45, 2.75) is 13.3 Å². The van der Waals surface area contributed by atoms with E-state index < -0.39 is 14.6 Å². The molecule has 0 aliphatic carbocycles. The molecule has 194 valence electrons. The van der Waals surface area contributed by atoms with Gasteiger partial charge in [0.15, 0.2) is 0 Å². The first-order chi connectivity index (χ1) is 18.2. The minimum atomic E-state index is -2.73. The number of hydrogen-bond acceptors (Lipinski definition) is 4. The summed E-state index contributed by atoms with van der Waals surface area (Å²) >= 11 is 0. The number of para-hydroxylation sites is 4. The second-order valence-corrected chi connectivity index (χ2v) is 17.3. The van der Waals surface area contributed by atoms with Gasteiger partial charge in [0.05, 0.1) is 0 Å². The van der Waals surface area contributed by atoms with Crippen LogP contribution in [0.4, 0.5) is 0 Å². The molecule has 0 saturated heterocycles. The Morgan fingerprint density at radius 2 is 0.865 bits per heavy atom. The number of ether oxygens (including phenoxy) is 4. The molecule has 37 heavy (non-hydrogen) atoms. The molecule has 0 bridgehead atoms. The van der Waals surface area contributed by atoms with Gasteiger partial charge in [-0.2, -0.15) is 0 Å². The van der Waals surface area contributed by atoms with Gasteiger partial charge in [0.25, 0.3) is 0 Å². The van der Waals surface area contributed by atoms with Gasteiger partial charge in [0.1, 0.15) is 0 Å². The van der Waals surface area contributed by atoms with Crippen LogP contribution >= 0.6 is 14.6 Å². The van der Waals surface area contributed by atoms with E-state index in [9.17, 15) is 0 Å². The average molecular weight is 535 g/mol. The van der Waals surface area contributed by atoms with Crippen molar-refractivity contribution in [1.29, 1.82) is 0 Å². The van der Waals surface area contributed by atoms with Crippen molar-refractivity contribution in [2.24, 2.45) is 0 Å². The zero-order chi connectivity index (χ0) is 26.3. The summed E-state index contributed by atoms with van der Waals surface area (Å²) in [5.41, 5.74) is 0. The van der Waals surface area contributed by atoms with Gasteiger partial charge in [-0.3, -0.25) is 0 Å². The molecule has 0 spiro atoms. The first-order valence-electron chi connectivity index (χ1n) is 12.5. The number of hydrogen-bond donors (Lipinski definition) is 0. The second kappa shape index (κ2) is 12.5. The standard InChI is InChI=1S/C31H36O4P2/c1-6-23-37(30-21-13-9-17-26(30)34-4,31-22-14-10-18-27(31)35-5)36(28-19-11-7-15-24(28)32-2)29-20-12-8-16-25(29)33-3/h7-22,37H,6,23H2,1-5H3. The van der Waals surface area contributed by atoms with E-state index >= 15 is 0 Å². The fourth-order valence-corrected chi connectivity index (χ4v) is 19.3. The molecular formula is C31H36O4P2. The van der Waals surface area contributed by atoms with Crippen molar-refractivity contribution in [3.8, 4) is 23.0 Å². The molecular weight excluding hydrogens is 498 g/mol. The van der Waals surface area contributed by atoms with E-state index in [0.29, 0.717) is 0 Å². The minimum absolute atomic E-state index is 0.886. The molecule has 0 aliphatic heterocycles. The van der Waals surface area contributed by atoms with Gasteiger partial charge in [-0.1, -0.05) is 0 Å². The van der Waals surface area contributed by atoms with Crippen molar-refractivity contribution in [3.63, 3.8) is 0 Å². The summed E-state index contributed by atoms with van der Waals surface area (Å²) in [6, 6.07) is 33.9. The summed E-state index contributed by atoms with van der Waals surface area (Å²) in [4.78, 5) is 0. The van der Waals surface area contributed by atoms with Crippen molar-refractivity contribution in [3.05, 3.63) is 97.1 Å². The molecule has 0 aliphatic rings. The Kier molecular flexibility index (Phi) is 9.09. The molecule has 4 nitrogen and oxygen atoms in total. The third kappa shape index (κ3) is 5.06. The SMILES string of the molecule is CCC[PH](c1ccccc1OC)(c1ccccc1OC)P(c1ccccc1OC)c1ccccc1OC. The molecule has 0 amide bonds. The zero-order valence-corrected chi connectivity index (χ0v) is 24.1. The molecule has 0 N–H and O–H groups in total. The van der Waals surface area contributed by atoms with Crippen LogP contribution in [0.2, 0.25) is 0 Å². The average Bonchev–Trinajstić information content (AvgIpc) is 2.97. The normalized spacial score (nSPS) is 11.7. The van der Waals surface area contributed by atoms with E-state index in [1.54, 1.807) is 28.4 Å². The van der Waals surface area contributed by atoms with Crippen LogP contribution in [0, 0.1) is 0 Å². The van der Waals surface area contributed by atoms with E-state index in [1.807, 2.05) is 24.3 Å². The third-order valence-electron chi connectivity index (χ3n) is 6.75. The second-order valence-electron chi connectivity index (χ2n) is 8.69. The predicted octanol–water partition coefficient (Wildman–Crippen LogP) is 5.88. The van der Waals surface area contributed by atoms with Crippen LogP contribution in [-0.4, -0.2) is 34.6 Å². The monoisotopic (exact) mass is 534 g/mol. The fraction of sp³-hybridized carbons (Fsp3) is 0.226. The van der Waals surface area contributed by atoms with Gasteiger partial charge in [0, 0.05) is 0 Å². The first kappa shape index (κ1) is 27.0. The maximum atomic E-state index is 6.07. The fourth-order valence-electron chi connectivity index (χ4n) is 5.27. The molecule has 0 aromatic heterocycles. The van der Waals surface area contributed by atoms with Crippen LogP contribution in [0.15, 0.2) is 97.1 Å². The Labute approximate surface area is 222 Å². The summed E-state index contributed by atoms with van der Waals surface area (Å²) in [7, 11) is 6.01. The van der Waals surface area contributed by atoms with Crippen molar-refractivity contribution in [2.75, 3.05) is 34.6 Å². The van der Waals surface area contributed by atoms with Gasteiger partial charge >= 0.3 is 223 Å². The van der Waals surface area contributed by atoms with E-state index in [-0.39, 0.29) is 0 Å². The van der Waals surface area contributed by atoms with Gasteiger partial charge in [-0.05, 0) is 0 Å². The van der Waals surface area contributed by atoms with Crippen LogP contribution in [0.3, 0.4) is 0 Å². The van der Waals surface area contributed by atoms with Crippen molar-refractivity contribution in [1.82, 2.24) is 0 Å². The van der Waals surface area contributed by atoms with Crippen molar-refractivity contribution < 1.29 is 18.9 Å². The summed E-state index contributed by atoms with van der Waals surface area (Å²) in [6.07, 6.45) is 2.00. The van der Waals surface area contributed by atoms with E-state index in [1.165, 1.54) is 21.2 Å². The summed E-state index contributed by atoms with van der Waals surface area (Å²) < 4.78 is 24.2. The van der Waals surface area contributed by atoms with Crippen molar-refractivity contribution >= 4 is 35.8 Å². The Morgan fingerprint density at radius 3 is 1.24 bits per heavy atom. The van der Waals surface area contributed by atoms with Gasteiger partial charge in [-0.25, -0.2) is 0 Å². The van der Waals surface area contributed by atoms with Gasteiger partial charge < -0.3 is 0 Å². The van der Waals surface area contributed by atoms with Crippen LogP contribution in [0.1, 0.15) is 13.3 Å². The van der Waals surface area contributed by atoms with E-state index in [0.717, 1.165) is 35.6 Å². The number of benzene rings is 4. The van der Waals surface area contributed by atoms with Crippen LogP contribution in [-0.2, 0) is 0 Å². The third-order valence-corrected chi connectivity index (χ3v) is 18.9. The molecule has 0 fully saturated rings. The molecule has 4 rings (SSSR count). The Bertz CT molecular complexity index is 1230. The number of methoxy groups -OCH3 is 4. The summed E-state index contributed by atoms with van der Waals surface area (Å²) in [5.74, 6) is 3.59. The molecule has 6 heteroatoms. The molecule has 0 atom stereocenters. The molecule has 0 saturated carbocycles. The molecule has 4 aromatic carbocycles. The Morgan fingerprint density at radius 1 is 0.514 bits per heavy atom. The molecule has 0 heterocycles.